The Balaban J connectivity index is 0.000000370. The van der Waals surface area contributed by atoms with Crippen LogP contribution in [-0.4, -0.2) is 104 Å². The van der Waals surface area contributed by atoms with Gasteiger partial charge >= 0.3 is 11.9 Å². The zero-order valence-electron chi connectivity index (χ0n) is 40.4. The van der Waals surface area contributed by atoms with E-state index in [-0.39, 0.29) is 58.9 Å². The van der Waals surface area contributed by atoms with Crippen LogP contribution in [0.4, 0.5) is 0 Å². The molecule has 0 fully saturated rings. The Labute approximate surface area is 416 Å². The Morgan fingerprint density at radius 2 is 0.900 bits per heavy atom. The number of amides is 2. The van der Waals surface area contributed by atoms with Crippen molar-refractivity contribution in [2.24, 2.45) is 0 Å². The Hall–Kier alpha value is -6.92. The number of aromatic hydroxyl groups is 4. The summed E-state index contributed by atoms with van der Waals surface area (Å²) in [5, 5.41) is 63.0. The minimum atomic E-state index is -1.19. The third kappa shape index (κ3) is 16.1. The van der Waals surface area contributed by atoms with E-state index < -0.39 is 57.2 Å². The standard InChI is InChI=1S/2C26H31NO7S/c2*1-6-26(3,4)19-11-18(23(34-5)12-22(19)31)24(35-14-20(25(32)33)27-15(2)28)13-21(30)16-7-9-17(29)10-8-16/h2*6-12,20,24,29,31H,1,13-14H2,2-5H3,(H,27,28)(H,32,33)/t20-,24+;20-,24-/m11/s1. The number of phenols is 4. The number of hydrogen-bond acceptors (Lipinski definition) is 14. The number of rotatable bonds is 24. The summed E-state index contributed by atoms with van der Waals surface area (Å²) in [5.74, 6) is -3.06. The van der Waals surface area contributed by atoms with Crippen molar-refractivity contribution in [2.75, 3.05) is 25.7 Å². The molecule has 0 aromatic heterocycles. The first kappa shape index (κ1) is 57.4. The molecular formula is C52H62N2O14S2. The average molecular weight is 1000 g/mol. The molecule has 4 rings (SSSR count). The van der Waals surface area contributed by atoms with Crippen LogP contribution in [0.15, 0.2) is 98.1 Å². The summed E-state index contributed by atoms with van der Waals surface area (Å²) in [6.07, 6.45) is 3.35. The number of carboxylic acids is 2. The lowest BCUT2D eigenvalue weighted by Gasteiger charge is -2.27. The maximum absolute atomic E-state index is 13.1. The molecule has 0 radical (unpaired) electrons. The van der Waals surface area contributed by atoms with Gasteiger partial charge in [0.25, 0.3) is 0 Å². The number of benzene rings is 4. The zero-order valence-corrected chi connectivity index (χ0v) is 42.0. The van der Waals surface area contributed by atoms with Gasteiger partial charge in [0, 0.05) is 105 Å². The summed E-state index contributed by atoms with van der Waals surface area (Å²) in [7, 11) is 2.88. The van der Waals surface area contributed by atoms with Gasteiger partial charge in [-0.2, -0.15) is 23.5 Å². The van der Waals surface area contributed by atoms with Gasteiger partial charge in [0.2, 0.25) is 11.8 Å². The highest BCUT2D eigenvalue weighted by atomic mass is 32.2. The van der Waals surface area contributed by atoms with Gasteiger partial charge in [-0.3, -0.25) is 19.2 Å². The number of carboxylic acid groups (broad SMARTS) is 2. The van der Waals surface area contributed by atoms with Gasteiger partial charge in [-0.15, -0.1) is 13.2 Å². The molecule has 0 heterocycles. The summed E-state index contributed by atoms with van der Waals surface area (Å²) in [4.78, 5) is 72.5. The van der Waals surface area contributed by atoms with Gasteiger partial charge in [0.05, 0.1) is 14.2 Å². The van der Waals surface area contributed by atoms with E-state index in [2.05, 4.69) is 23.8 Å². The molecule has 0 aliphatic rings. The van der Waals surface area contributed by atoms with Gasteiger partial charge in [-0.1, -0.05) is 39.8 Å². The molecule has 18 heteroatoms. The first-order valence-corrected chi connectivity index (χ1v) is 23.9. The average Bonchev–Trinajstić information content (AvgIpc) is 3.30. The normalized spacial score (nSPS) is 12.9. The van der Waals surface area contributed by atoms with Crippen molar-refractivity contribution in [2.45, 2.75) is 87.8 Å². The number of aliphatic carboxylic acids is 2. The highest BCUT2D eigenvalue weighted by molar-refractivity contribution is 7.99. The number of ether oxygens (including phenoxy) is 2. The molecule has 376 valence electrons. The fraction of sp³-hybridized carbons (Fsp3) is 0.346. The monoisotopic (exact) mass is 1000 g/mol. The first-order chi connectivity index (χ1) is 32.8. The summed E-state index contributed by atoms with van der Waals surface area (Å²) in [6, 6.07) is 15.8. The molecule has 0 aliphatic heterocycles. The number of methoxy groups -OCH3 is 2. The van der Waals surface area contributed by atoms with E-state index in [9.17, 15) is 59.4 Å². The number of allylic oxidation sites excluding steroid dienone is 2. The molecule has 2 amide bonds. The SMILES string of the molecule is C=CC(C)(C)c1cc([C@@H](CC(=O)c2ccc(O)cc2)SC[C@@H](NC(C)=O)C(=O)O)c(OC)cc1O.C=CC(C)(C)c1cc([C@H](CC(=O)c2ccc(O)cc2)SC[C@@H](NC(C)=O)C(=O)O)c(OC)cc1O. The first-order valence-electron chi connectivity index (χ1n) is 21.8. The second-order valence-electron chi connectivity index (χ2n) is 17.2. The van der Waals surface area contributed by atoms with Gasteiger partial charge in [0.15, 0.2) is 11.6 Å². The van der Waals surface area contributed by atoms with Crippen molar-refractivity contribution in [3.05, 3.63) is 131 Å². The lowest BCUT2D eigenvalue weighted by atomic mass is 9.82. The van der Waals surface area contributed by atoms with E-state index in [0.717, 1.165) is 0 Å². The molecule has 16 nitrogen and oxygen atoms in total. The van der Waals surface area contributed by atoms with E-state index in [1.165, 1.54) is 112 Å². The van der Waals surface area contributed by atoms with Crippen LogP contribution < -0.4 is 20.1 Å². The summed E-state index contributed by atoms with van der Waals surface area (Å²) >= 11 is 2.38. The van der Waals surface area contributed by atoms with E-state index >= 15 is 0 Å². The molecule has 0 spiro atoms. The van der Waals surface area contributed by atoms with E-state index in [1.54, 1.807) is 24.3 Å². The summed E-state index contributed by atoms with van der Waals surface area (Å²) in [5.41, 5.74) is 1.91. The Morgan fingerprint density at radius 3 is 1.16 bits per heavy atom. The Bertz CT molecular complexity index is 2370. The molecule has 4 aromatic carbocycles. The zero-order chi connectivity index (χ0) is 52.7. The fourth-order valence-electron chi connectivity index (χ4n) is 6.93. The summed E-state index contributed by atoms with van der Waals surface area (Å²) in [6.45, 7) is 17.7. The molecule has 0 aliphatic carbocycles. The smallest absolute Gasteiger partial charge is 0.327 e. The molecule has 4 atom stereocenters. The van der Waals surface area contributed by atoms with E-state index in [0.29, 0.717) is 44.9 Å². The molecular weight excluding hydrogens is 941 g/mol. The number of Topliss-reactive ketones (excluding diaryl/α,β-unsaturated/α-hetero) is 2. The number of phenolic OH excluding ortho intramolecular Hbond substituents is 4. The second kappa shape index (κ2) is 25.6. The predicted molar refractivity (Wildman–Crippen MR) is 271 cm³/mol. The lowest BCUT2D eigenvalue weighted by molar-refractivity contribution is -0.141. The predicted octanol–water partition coefficient (Wildman–Crippen LogP) is 8.41. The van der Waals surface area contributed by atoms with Crippen LogP contribution in [0.2, 0.25) is 0 Å². The molecule has 0 saturated carbocycles. The van der Waals surface area contributed by atoms with Crippen LogP contribution >= 0.6 is 23.5 Å². The number of carbonyl (C=O) groups is 6. The number of nitrogens with one attached hydrogen (secondary N) is 2. The fourth-order valence-corrected chi connectivity index (χ4v) is 9.50. The molecule has 0 bridgehead atoms. The minimum absolute atomic E-state index is 0.00534. The van der Waals surface area contributed by atoms with Crippen LogP contribution in [0.3, 0.4) is 0 Å². The minimum Gasteiger partial charge on any atom is -0.508 e. The number of hydrogen-bond donors (Lipinski definition) is 8. The van der Waals surface area contributed by atoms with Crippen molar-refractivity contribution >= 4 is 58.8 Å². The van der Waals surface area contributed by atoms with Gasteiger partial charge < -0.3 is 50.7 Å². The molecule has 4 aromatic rings. The number of thioether (sulfide) groups is 2. The highest BCUT2D eigenvalue weighted by Crippen LogP contribution is 2.46. The van der Waals surface area contributed by atoms with Crippen molar-refractivity contribution in [3.8, 4) is 34.5 Å². The van der Waals surface area contributed by atoms with Crippen LogP contribution in [0.5, 0.6) is 34.5 Å². The topological polar surface area (TPSA) is 266 Å². The third-order valence-electron chi connectivity index (χ3n) is 11.2. The summed E-state index contributed by atoms with van der Waals surface area (Å²) < 4.78 is 11.0. The van der Waals surface area contributed by atoms with Crippen molar-refractivity contribution in [1.29, 1.82) is 0 Å². The maximum atomic E-state index is 13.1. The van der Waals surface area contributed by atoms with Crippen LogP contribution in [0, 0.1) is 0 Å². The quantitative estimate of drug-likeness (QED) is 0.0242. The highest BCUT2D eigenvalue weighted by Gasteiger charge is 2.31. The Morgan fingerprint density at radius 1 is 0.586 bits per heavy atom. The van der Waals surface area contributed by atoms with Crippen LogP contribution in [0.25, 0.3) is 0 Å². The number of ketones is 2. The van der Waals surface area contributed by atoms with Gasteiger partial charge in [-0.25, -0.2) is 9.59 Å². The van der Waals surface area contributed by atoms with Crippen LogP contribution in [0.1, 0.15) is 108 Å². The van der Waals surface area contributed by atoms with Crippen molar-refractivity contribution in [1.82, 2.24) is 10.6 Å². The van der Waals surface area contributed by atoms with E-state index in [4.69, 9.17) is 9.47 Å². The lowest BCUT2D eigenvalue weighted by Crippen LogP contribution is -2.41. The van der Waals surface area contributed by atoms with Crippen LogP contribution in [-0.2, 0) is 30.0 Å². The van der Waals surface area contributed by atoms with Gasteiger partial charge in [0.1, 0.15) is 46.6 Å². The largest absolute Gasteiger partial charge is 0.508 e. The molecule has 70 heavy (non-hydrogen) atoms. The Kier molecular flexibility index (Phi) is 21.0. The maximum Gasteiger partial charge on any atom is 0.327 e. The molecule has 0 saturated heterocycles. The third-order valence-corrected chi connectivity index (χ3v) is 13.9. The van der Waals surface area contributed by atoms with Gasteiger partial charge in [-0.05, 0) is 60.7 Å². The molecule has 8 N–H and O–H groups in total. The van der Waals surface area contributed by atoms with E-state index in [1.807, 2.05) is 27.7 Å². The van der Waals surface area contributed by atoms with Crippen molar-refractivity contribution in [3.63, 3.8) is 0 Å². The van der Waals surface area contributed by atoms with Crippen molar-refractivity contribution < 1.29 is 68.9 Å². The number of carbonyl (C=O) groups excluding carboxylic acids is 4. The molecule has 0 unspecified atom stereocenters. The second-order valence-corrected chi connectivity index (χ2v) is 19.7.